The van der Waals surface area contributed by atoms with Crippen LogP contribution in [0.3, 0.4) is 0 Å². The van der Waals surface area contributed by atoms with Crippen molar-refractivity contribution in [3.63, 3.8) is 0 Å². The normalized spacial score (nSPS) is 18.2. The van der Waals surface area contributed by atoms with Crippen LogP contribution in [0.15, 0.2) is 30.9 Å². The van der Waals surface area contributed by atoms with Crippen LogP contribution < -0.4 is 20.9 Å². The standard InChI is InChI=1S/C27H40N8O/c1-5-14-35-15-13-22(18-35)29-25-31-26(33-27(32-25)34(4)17-20-9-7-8-10-20)30-23-16-21(12-11-19(23)3)24(36)28-6-2/h5,11-12,16,20,22H,1,6-10,13-15,17-18H2,2-4H3,(H,28,36)(H2,29,30,31,32,33)/t22-/m0/s1. The molecule has 2 aromatic rings. The molecule has 0 radical (unpaired) electrons. The third-order valence-electron chi connectivity index (χ3n) is 7.05. The maximum atomic E-state index is 12.4. The zero-order valence-electron chi connectivity index (χ0n) is 21.9. The fourth-order valence-electron chi connectivity index (χ4n) is 5.08. The molecule has 0 unspecified atom stereocenters. The molecule has 0 bridgehead atoms. The van der Waals surface area contributed by atoms with Crippen molar-refractivity contribution in [2.45, 2.75) is 52.0 Å². The maximum Gasteiger partial charge on any atom is 0.251 e. The molecule has 2 fully saturated rings. The van der Waals surface area contributed by atoms with E-state index < -0.39 is 0 Å². The number of rotatable bonds is 11. The minimum atomic E-state index is -0.0964. The second-order valence-corrected chi connectivity index (χ2v) is 10.0. The van der Waals surface area contributed by atoms with Crippen LogP contribution in [0, 0.1) is 12.8 Å². The Balaban J connectivity index is 1.57. The third kappa shape index (κ3) is 6.72. The van der Waals surface area contributed by atoms with Crippen LogP contribution in [0.1, 0.15) is 54.9 Å². The largest absolute Gasteiger partial charge is 0.352 e. The number of benzene rings is 1. The fourth-order valence-corrected chi connectivity index (χ4v) is 5.08. The Kier molecular flexibility index (Phi) is 8.74. The molecule has 194 valence electrons. The fraction of sp³-hybridized carbons (Fsp3) is 0.556. The number of aryl methyl sites for hydroxylation is 1. The van der Waals surface area contributed by atoms with Gasteiger partial charge in [-0.1, -0.05) is 25.0 Å². The van der Waals surface area contributed by atoms with Crippen molar-refractivity contribution in [2.24, 2.45) is 5.92 Å². The lowest BCUT2D eigenvalue weighted by Gasteiger charge is -2.23. The van der Waals surface area contributed by atoms with E-state index in [1.165, 1.54) is 25.7 Å². The monoisotopic (exact) mass is 492 g/mol. The Bertz CT molecular complexity index is 1050. The van der Waals surface area contributed by atoms with Crippen molar-refractivity contribution in [3.05, 3.63) is 42.0 Å². The number of carbonyl (C=O) groups excluding carboxylic acids is 1. The summed E-state index contributed by atoms with van der Waals surface area (Å²) in [6, 6.07) is 5.90. The molecule has 3 N–H and O–H groups in total. The summed E-state index contributed by atoms with van der Waals surface area (Å²) in [4.78, 5) is 31.2. The summed E-state index contributed by atoms with van der Waals surface area (Å²) < 4.78 is 0. The molecule has 1 saturated heterocycles. The first-order valence-corrected chi connectivity index (χ1v) is 13.2. The van der Waals surface area contributed by atoms with Gasteiger partial charge in [0.25, 0.3) is 5.91 Å². The lowest BCUT2D eigenvalue weighted by molar-refractivity contribution is 0.0956. The number of amides is 1. The van der Waals surface area contributed by atoms with E-state index in [1.54, 1.807) is 0 Å². The second-order valence-electron chi connectivity index (χ2n) is 10.0. The second kappa shape index (κ2) is 12.2. The van der Waals surface area contributed by atoms with Gasteiger partial charge in [0.05, 0.1) is 0 Å². The molecule has 1 aliphatic heterocycles. The molecule has 2 aliphatic rings. The van der Waals surface area contributed by atoms with Crippen LogP contribution in [0.25, 0.3) is 0 Å². The number of anilines is 4. The molecule has 1 aliphatic carbocycles. The number of likely N-dealkylation sites (tertiary alicyclic amines) is 1. The average Bonchev–Trinajstić information content (AvgIpc) is 3.53. The average molecular weight is 493 g/mol. The van der Waals surface area contributed by atoms with Crippen LogP contribution in [-0.2, 0) is 0 Å². The smallest absolute Gasteiger partial charge is 0.251 e. The number of hydrogen-bond acceptors (Lipinski definition) is 8. The number of carbonyl (C=O) groups is 1. The summed E-state index contributed by atoms with van der Waals surface area (Å²) in [5, 5.41) is 9.75. The van der Waals surface area contributed by atoms with Gasteiger partial charge in [0.1, 0.15) is 0 Å². The molecule has 2 heterocycles. The molecule has 9 nitrogen and oxygen atoms in total. The highest BCUT2D eigenvalue weighted by atomic mass is 16.1. The molecule has 4 rings (SSSR count). The summed E-state index contributed by atoms with van der Waals surface area (Å²) in [6.07, 6.45) is 8.11. The van der Waals surface area contributed by atoms with Crippen molar-refractivity contribution in [2.75, 3.05) is 55.3 Å². The minimum absolute atomic E-state index is 0.0964. The van der Waals surface area contributed by atoms with Gasteiger partial charge < -0.3 is 20.9 Å². The zero-order valence-corrected chi connectivity index (χ0v) is 21.9. The minimum Gasteiger partial charge on any atom is -0.352 e. The molecular formula is C27H40N8O. The van der Waals surface area contributed by atoms with Gasteiger partial charge in [0.15, 0.2) is 0 Å². The number of nitrogens with zero attached hydrogens (tertiary/aromatic N) is 5. The molecular weight excluding hydrogens is 452 g/mol. The van der Waals surface area contributed by atoms with Gasteiger partial charge in [0.2, 0.25) is 17.8 Å². The van der Waals surface area contributed by atoms with Gasteiger partial charge in [0, 0.05) is 57.1 Å². The molecule has 1 aromatic heterocycles. The molecule has 36 heavy (non-hydrogen) atoms. The van der Waals surface area contributed by atoms with E-state index in [0.29, 0.717) is 35.9 Å². The maximum absolute atomic E-state index is 12.4. The van der Waals surface area contributed by atoms with Gasteiger partial charge in [-0.3, -0.25) is 9.69 Å². The van der Waals surface area contributed by atoms with Crippen molar-refractivity contribution in [1.29, 1.82) is 0 Å². The predicted octanol–water partition coefficient (Wildman–Crippen LogP) is 3.97. The zero-order chi connectivity index (χ0) is 25.5. The predicted molar refractivity (Wildman–Crippen MR) is 146 cm³/mol. The lowest BCUT2D eigenvalue weighted by Crippen LogP contribution is -2.29. The summed E-state index contributed by atoms with van der Waals surface area (Å²) in [6.45, 7) is 12.1. The number of hydrogen-bond donors (Lipinski definition) is 3. The van der Waals surface area contributed by atoms with Gasteiger partial charge in [-0.2, -0.15) is 15.0 Å². The van der Waals surface area contributed by atoms with E-state index in [1.807, 2.05) is 38.1 Å². The van der Waals surface area contributed by atoms with E-state index in [2.05, 4.69) is 39.4 Å². The number of aromatic nitrogens is 3. The Morgan fingerprint density at radius 2 is 1.97 bits per heavy atom. The molecule has 1 amide bonds. The van der Waals surface area contributed by atoms with Crippen LogP contribution >= 0.6 is 0 Å². The van der Waals surface area contributed by atoms with Gasteiger partial charge >= 0.3 is 0 Å². The van der Waals surface area contributed by atoms with Crippen LogP contribution in [-0.4, -0.2) is 71.6 Å². The SMILES string of the molecule is C=CCN1CC[C@H](Nc2nc(Nc3cc(C(=O)NCC)ccc3C)nc(N(C)CC3CCCC3)n2)C1. The highest BCUT2D eigenvalue weighted by Crippen LogP contribution is 2.27. The van der Waals surface area contributed by atoms with Gasteiger partial charge in [-0.15, -0.1) is 6.58 Å². The quantitative estimate of drug-likeness (QED) is 0.405. The highest BCUT2D eigenvalue weighted by molar-refractivity contribution is 5.95. The molecule has 0 spiro atoms. The third-order valence-corrected chi connectivity index (χ3v) is 7.05. The first kappa shape index (κ1) is 25.9. The van der Waals surface area contributed by atoms with E-state index in [0.717, 1.165) is 43.9 Å². The van der Waals surface area contributed by atoms with E-state index in [9.17, 15) is 4.79 Å². The van der Waals surface area contributed by atoms with Crippen LogP contribution in [0.5, 0.6) is 0 Å². The first-order valence-electron chi connectivity index (χ1n) is 13.2. The van der Waals surface area contributed by atoms with Crippen molar-refractivity contribution in [3.8, 4) is 0 Å². The van der Waals surface area contributed by atoms with Gasteiger partial charge in [-0.25, -0.2) is 0 Å². The van der Waals surface area contributed by atoms with E-state index in [-0.39, 0.29) is 11.9 Å². The Labute approximate surface area is 214 Å². The Morgan fingerprint density at radius 3 is 2.72 bits per heavy atom. The molecule has 1 aromatic carbocycles. The molecule has 1 atom stereocenters. The van der Waals surface area contributed by atoms with Crippen LogP contribution in [0.2, 0.25) is 0 Å². The topological polar surface area (TPSA) is 98.3 Å². The van der Waals surface area contributed by atoms with Gasteiger partial charge in [-0.05, 0) is 56.7 Å². The highest BCUT2D eigenvalue weighted by Gasteiger charge is 2.24. The number of nitrogens with one attached hydrogen (secondary N) is 3. The summed E-state index contributed by atoms with van der Waals surface area (Å²) in [5.74, 6) is 2.28. The lowest BCUT2D eigenvalue weighted by atomic mass is 10.1. The first-order chi connectivity index (χ1) is 17.4. The van der Waals surface area contributed by atoms with Crippen molar-refractivity contribution < 1.29 is 4.79 Å². The summed E-state index contributed by atoms with van der Waals surface area (Å²) >= 11 is 0. The van der Waals surface area contributed by atoms with E-state index >= 15 is 0 Å². The molecule has 1 saturated carbocycles. The van der Waals surface area contributed by atoms with Crippen molar-refractivity contribution >= 4 is 29.4 Å². The summed E-state index contributed by atoms with van der Waals surface area (Å²) in [7, 11) is 2.06. The van der Waals surface area contributed by atoms with Crippen molar-refractivity contribution in [1.82, 2.24) is 25.2 Å². The van der Waals surface area contributed by atoms with E-state index in [4.69, 9.17) is 15.0 Å². The molecule has 9 heteroatoms. The Morgan fingerprint density at radius 1 is 1.19 bits per heavy atom. The van der Waals surface area contributed by atoms with Crippen LogP contribution in [0.4, 0.5) is 23.5 Å². The Hall–Kier alpha value is -3.20. The summed E-state index contributed by atoms with van der Waals surface area (Å²) in [5.41, 5.74) is 2.41.